The minimum Gasteiger partial charge on any atom is -0.477 e. The molecule has 228 valence electrons. The molecular formula is C29H30N8O7. The highest BCUT2D eigenvalue weighted by atomic mass is 16.5. The first-order valence-electron chi connectivity index (χ1n) is 12.5. The molecule has 5 aromatic rings. The number of rotatable bonds is 8. The van der Waals surface area contributed by atoms with Gasteiger partial charge >= 0.3 is 11.9 Å². The van der Waals surface area contributed by atoms with E-state index < -0.39 is 22.7 Å². The third-order valence-electron chi connectivity index (χ3n) is 6.11. The van der Waals surface area contributed by atoms with Gasteiger partial charge in [-0.1, -0.05) is 31.7 Å². The number of ether oxygens (including phenoxy) is 1. The molecule has 0 aliphatic rings. The summed E-state index contributed by atoms with van der Waals surface area (Å²) < 4.78 is 5.58. The second-order valence-corrected chi connectivity index (χ2v) is 9.02. The standard InChI is InChI=1S/C19H15N7O5.C9H11NO2.CH4/c20-12-6-13-24-10(5-11(19(30)31)26(13)25-12)18(29)22-7-8-2-1-3-9(4-8)23-15-14(21)16(27)17(15)28;1-12-9(11)8-4-2-7(6-10)3-5-8;/h1-6,23H,7,21H2,(H2,20,25)(H,22,29)(H,30,31);2-5H,6,10H2,1H3;1H4. The number of nitrogens with two attached hydrogens (primary N) is 3. The van der Waals surface area contributed by atoms with Crippen LogP contribution in [0.1, 0.15) is 49.9 Å². The van der Waals surface area contributed by atoms with Crippen LogP contribution >= 0.6 is 0 Å². The molecule has 0 saturated carbocycles. The van der Waals surface area contributed by atoms with Crippen LogP contribution in [0.2, 0.25) is 0 Å². The van der Waals surface area contributed by atoms with Crippen LogP contribution in [0.5, 0.6) is 0 Å². The number of carbonyl (C=O) groups excluding carboxylic acids is 2. The lowest BCUT2D eigenvalue weighted by Crippen LogP contribution is -2.36. The lowest BCUT2D eigenvalue weighted by Gasteiger charge is -2.11. The summed E-state index contributed by atoms with van der Waals surface area (Å²) in [7, 11) is 1.36. The van der Waals surface area contributed by atoms with Gasteiger partial charge in [-0.25, -0.2) is 19.1 Å². The van der Waals surface area contributed by atoms with Crippen LogP contribution < -0.4 is 38.7 Å². The van der Waals surface area contributed by atoms with E-state index >= 15 is 0 Å². The first-order valence-corrected chi connectivity index (χ1v) is 12.5. The molecule has 2 aromatic heterocycles. The maximum absolute atomic E-state index is 12.5. The van der Waals surface area contributed by atoms with Gasteiger partial charge in [0.15, 0.2) is 11.3 Å². The van der Waals surface area contributed by atoms with Crippen molar-refractivity contribution < 1.29 is 24.2 Å². The number of nitrogens with zero attached hydrogens (tertiary/aromatic N) is 3. The van der Waals surface area contributed by atoms with Gasteiger partial charge in [0.25, 0.3) is 16.8 Å². The fraction of sp³-hybridized carbons (Fsp3) is 0.138. The smallest absolute Gasteiger partial charge is 0.354 e. The Morgan fingerprint density at radius 1 is 0.977 bits per heavy atom. The predicted molar refractivity (Wildman–Crippen MR) is 163 cm³/mol. The first kappa shape index (κ1) is 32.4. The number of hydrogen-bond donors (Lipinski definition) is 6. The van der Waals surface area contributed by atoms with Crippen LogP contribution in [0.15, 0.2) is 70.3 Å². The molecular weight excluding hydrogens is 572 g/mol. The van der Waals surface area contributed by atoms with Crippen molar-refractivity contribution in [1.82, 2.24) is 19.9 Å². The lowest BCUT2D eigenvalue weighted by molar-refractivity contribution is 0.0599. The number of methoxy groups -OCH3 is 1. The van der Waals surface area contributed by atoms with Gasteiger partial charge in [0, 0.05) is 30.9 Å². The van der Waals surface area contributed by atoms with Gasteiger partial charge in [-0.3, -0.25) is 14.4 Å². The number of carboxylic acids is 1. The van der Waals surface area contributed by atoms with Crippen LogP contribution in [0.25, 0.3) is 5.65 Å². The molecule has 9 N–H and O–H groups in total. The zero-order chi connectivity index (χ0) is 31.3. The fourth-order valence-electron chi connectivity index (χ4n) is 3.87. The number of carboxylic acid groups (broad SMARTS) is 1. The monoisotopic (exact) mass is 602 g/mol. The molecule has 0 atom stereocenters. The van der Waals surface area contributed by atoms with E-state index in [1.807, 2.05) is 12.1 Å². The van der Waals surface area contributed by atoms with E-state index in [0.717, 1.165) is 16.1 Å². The summed E-state index contributed by atoms with van der Waals surface area (Å²) in [5.74, 6) is -2.14. The normalized spacial score (nSPS) is 10.3. The van der Waals surface area contributed by atoms with E-state index in [1.54, 1.807) is 36.4 Å². The van der Waals surface area contributed by atoms with E-state index in [4.69, 9.17) is 17.2 Å². The van der Waals surface area contributed by atoms with Crippen molar-refractivity contribution in [2.24, 2.45) is 5.73 Å². The molecule has 5 rings (SSSR count). The van der Waals surface area contributed by atoms with Crippen LogP contribution in [0.4, 0.5) is 22.9 Å². The molecule has 0 spiro atoms. The molecule has 15 heteroatoms. The maximum Gasteiger partial charge on any atom is 0.354 e. The minimum atomic E-state index is -1.29. The molecule has 44 heavy (non-hydrogen) atoms. The van der Waals surface area contributed by atoms with Crippen LogP contribution in [-0.2, 0) is 17.8 Å². The van der Waals surface area contributed by atoms with Gasteiger partial charge in [-0.15, -0.1) is 5.10 Å². The van der Waals surface area contributed by atoms with Crippen LogP contribution in [-0.4, -0.2) is 44.7 Å². The number of anilines is 4. The quantitative estimate of drug-likeness (QED) is 0.109. The lowest BCUT2D eigenvalue weighted by atomic mass is 10.1. The first-order chi connectivity index (χ1) is 20.5. The van der Waals surface area contributed by atoms with Crippen LogP contribution in [0, 0.1) is 0 Å². The van der Waals surface area contributed by atoms with Gasteiger partial charge in [0.2, 0.25) is 0 Å². The second kappa shape index (κ2) is 13.7. The minimum absolute atomic E-state index is 0. The molecule has 0 bridgehead atoms. The number of esters is 1. The van der Waals surface area contributed by atoms with Crippen molar-refractivity contribution in [1.29, 1.82) is 0 Å². The summed E-state index contributed by atoms with van der Waals surface area (Å²) in [6.45, 7) is 0.577. The summed E-state index contributed by atoms with van der Waals surface area (Å²) in [5, 5.41) is 18.6. The molecule has 0 fully saturated rings. The molecule has 0 saturated heterocycles. The van der Waals surface area contributed by atoms with E-state index in [2.05, 4.69) is 25.5 Å². The third kappa shape index (κ3) is 7.03. The average molecular weight is 603 g/mol. The Kier molecular flexibility index (Phi) is 10.1. The van der Waals surface area contributed by atoms with E-state index in [-0.39, 0.29) is 54.2 Å². The van der Waals surface area contributed by atoms with Gasteiger partial charge in [0.05, 0.1) is 12.7 Å². The maximum atomic E-state index is 12.5. The topological polar surface area (TPSA) is 247 Å². The number of nitrogens with one attached hydrogen (secondary N) is 2. The number of carbonyl (C=O) groups is 3. The number of hydrogen-bond acceptors (Lipinski definition) is 12. The molecule has 3 aromatic carbocycles. The molecule has 15 nitrogen and oxygen atoms in total. The highest BCUT2D eigenvalue weighted by Gasteiger charge is 2.19. The number of aromatic nitrogens is 3. The Bertz CT molecular complexity index is 1910. The van der Waals surface area contributed by atoms with Gasteiger partial charge in [0.1, 0.15) is 22.9 Å². The molecule has 0 unspecified atom stereocenters. The van der Waals surface area contributed by atoms with Crippen molar-refractivity contribution in [3.05, 3.63) is 109 Å². The molecule has 0 aliphatic carbocycles. The third-order valence-corrected chi connectivity index (χ3v) is 6.11. The Hall–Kier alpha value is -6.09. The SMILES string of the molecule is C.COC(=O)c1ccc(CN)cc1.Nc1cc2nc(C(=O)NCc3cccc(Nc4c(N)c(=O)c4=O)c3)cc(C(=O)O)n2n1. The molecule has 0 aliphatic heterocycles. The second-order valence-electron chi connectivity index (χ2n) is 9.02. The Balaban J connectivity index is 0.000000344. The molecule has 2 heterocycles. The number of aromatic carboxylic acids is 1. The highest BCUT2D eigenvalue weighted by Crippen LogP contribution is 2.19. The zero-order valence-corrected chi connectivity index (χ0v) is 22.7. The summed E-state index contributed by atoms with van der Waals surface area (Å²) in [6, 6.07) is 16.2. The van der Waals surface area contributed by atoms with Crippen molar-refractivity contribution >= 4 is 46.4 Å². The number of fused-ring (bicyclic) bond motifs is 1. The van der Waals surface area contributed by atoms with Gasteiger partial charge in [-0.05, 0) is 35.4 Å². The van der Waals surface area contributed by atoms with Crippen molar-refractivity contribution in [2.45, 2.75) is 20.5 Å². The highest BCUT2D eigenvalue weighted by molar-refractivity contribution is 5.96. The summed E-state index contributed by atoms with van der Waals surface area (Å²) in [4.78, 5) is 61.8. The predicted octanol–water partition coefficient (Wildman–Crippen LogP) is 1.43. The summed E-state index contributed by atoms with van der Waals surface area (Å²) in [6.07, 6.45) is 0. The van der Waals surface area contributed by atoms with Crippen molar-refractivity contribution in [2.75, 3.05) is 23.9 Å². The Morgan fingerprint density at radius 2 is 1.68 bits per heavy atom. The summed E-state index contributed by atoms with van der Waals surface area (Å²) in [5.41, 5.74) is 17.5. The van der Waals surface area contributed by atoms with Gasteiger partial charge < -0.3 is 37.7 Å². The molecule has 1 amide bonds. The fourth-order valence-corrected chi connectivity index (χ4v) is 3.87. The van der Waals surface area contributed by atoms with Crippen LogP contribution in [0.3, 0.4) is 0 Å². The van der Waals surface area contributed by atoms with E-state index in [9.17, 15) is 29.1 Å². The van der Waals surface area contributed by atoms with Gasteiger partial charge in [-0.2, -0.15) is 0 Å². The number of nitrogen functional groups attached to an aromatic ring is 2. The Morgan fingerprint density at radius 3 is 2.30 bits per heavy atom. The molecule has 0 radical (unpaired) electrons. The summed E-state index contributed by atoms with van der Waals surface area (Å²) >= 11 is 0. The van der Waals surface area contributed by atoms with Crippen molar-refractivity contribution in [3.8, 4) is 0 Å². The zero-order valence-electron chi connectivity index (χ0n) is 22.7. The Labute approximate surface area is 250 Å². The number of benzene rings is 2. The van der Waals surface area contributed by atoms with E-state index in [1.165, 1.54) is 13.2 Å². The largest absolute Gasteiger partial charge is 0.477 e. The van der Waals surface area contributed by atoms with Crippen molar-refractivity contribution in [3.63, 3.8) is 0 Å². The van der Waals surface area contributed by atoms with E-state index in [0.29, 0.717) is 23.4 Å². The average Bonchev–Trinajstić information content (AvgIpc) is 3.41. The number of amides is 1.